The molecular formula is C9H12ClNS2. The third-order valence-electron chi connectivity index (χ3n) is 1.98. The van der Waals surface area contributed by atoms with Crippen LogP contribution in [0.2, 0.25) is 5.02 Å². The van der Waals surface area contributed by atoms with Crippen LogP contribution in [-0.2, 0) is 0 Å². The van der Waals surface area contributed by atoms with Gasteiger partial charge >= 0.3 is 0 Å². The zero-order valence-corrected chi connectivity index (χ0v) is 10.0. The van der Waals surface area contributed by atoms with Crippen LogP contribution in [0.4, 0.5) is 0 Å². The van der Waals surface area contributed by atoms with Gasteiger partial charge in [-0.25, -0.2) is 0 Å². The molecule has 1 nitrogen and oxygen atoms in total. The molecule has 1 unspecified atom stereocenters. The second-order valence-corrected chi connectivity index (χ2v) is 6.36. The monoisotopic (exact) mass is 233 g/mol. The molecule has 0 spiro atoms. The molecule has 0 radical (unpaired) electrons. The van der Waals surface area contributed by atoms with Gasteiger partial charge in [-0.1, -0.05) is 11.6 Å². The molecule has 1 aliphatic rings. The summed E-state index contributed by atoms with van der Waals surface area (Å²) >= 11 is 9.57. The first-order valence-electron chi connectivity index (χ1n) is 4.20. The van der Waals surface area contributed by atoms with Crippen molar-refractivity contribution >= 4 is 34.7 Å². The van der Waals surface area contributed by atoms with Gasteiger partial charge in [0.25, 0.3) is 0 Å². The van der Waals surface area contributed by atoms with Crippen LogP contribution in [0.15, 0.2) is 11.4 Å². The van der Waals surface area contributed by atoms with Crippen molar-refractivity contribution in [2.45, 2.75) is 24.8 Å². The van der Waals surface area contributed by atoms with E-state index < -0.39 is 0 Å². The SMILES string of the molecule is CC1(C)CSC(c2cc(Cl)cs2)N1. The molecule has 1 aliphatic heterocycles. The van der Waals surface area contributed by atoms with Crippen molar-refractivity contribution in [2.75, 3.05) is 5.75 Å². The van der Waals surface area contributed by atoms with Crippen LogP contribution in [0.1, 0.15) is 24.1 Å². The average molecular weight is 234 g/mol. The Labute approximate surface area is 91.9 Å². The third kappa shape index (κ3) is 2.21. The molecule has 1 saturated heterocycles. The molecule has 2 rings (SSSR count). The smallest absolute Gasteiger partial charge is 0.0888 e. The largest absolute Gasteiger partial charge is 0.295 e. The molecule has 0 saturated carbocycles. The van der Waals surface area contributed by atoms with Gasteiger partial charge in [0.05, 0.1) is 10.4 Å². The average Bonchev–Trinajstić information content (AvgIpc) is 2.56. The van der Waals surface area contributed by atoms with Gasteiger partial charge in [0, 0.05) is 21.5 Å². The van der Waals surface area contributed by atoms with E-state index in [9.17, 15) is 0 Å². The van der Waals surface area contributed by atoms with E-state index in [1.54, 1.807) is 11.3 Å². The Bertz CT molecular complexity index is 308. The zero-order valence-electron chi connectivity index (χ0n) is 7.63. The van der Waals surface area contributed by atoms with Crippen LogP contribution < -0.4 is 5.32 Å². The molecule has 1 aromatic heterocycles. The normalized spacial score (nSPS) is 26.5. The van der Waals surface area contributed by atoms with Gasteiger partial charge in [0.1, 0.15) is 0 Å². The van der Waals surface area contributed by atoms with Gasteiger partial charge in [-0.2, -0.15) is 0 Å². The second kappa shape index (κ2) is 3.46. The predicted molar refractivity (Wildman–Crippen MR) is 61.7 cm³/mol. The fourth-order valence-corrected chi connectivity index (χ4v) is 4.03. The second-order valence-electron chi connectivity index (χ2n) is 3.89. The number of hydrogen-bond donors (Lipinski definition) is 1. The maximum absolute atomic E-state index is 5.88. The maximum atomic E-state index is 5.88. The number of halogens is 1. The molecular weight excluding hydrogens is 222 g/mol. The number of rotatable bonds is 1. The van der Waals surface area contributed by atoms with Crippen LogP contribution in [0.3, 0.4) is 0 Å². The lowest BCUT2D eigenvalue weighted by Gasteiger charge is -2.17. The summed E-state index contributed by atoms with van der Waals surface area (Å²) in [6, 6.07) is 2.05. The maximum Gasteiger partial charge on any atom is 0.0888 e. The summed E-state index contributed by atoms with van der Waals surface area (Å²) in [5.74, 6) is 1.16. The lowest BCUT2D eigenvalue weighted by atomic mass is 10.1. The number of hydrogen-bond acceptors (Lipinski definition) is 3. The lowest BCUT2D eigenvalue weighted by molar-refractivity contribution is 0.454. The van der Waals surface area contributed by atoms with Crippen molar-refractivity contribution in [3.8, 4) is 0 Å². The third-order valence-corrected chi connectivity index (χ3v) is 5.07. The van der Waals surface area contributed by atoms with E-state index in [1.807, 2.05) is 17.1 Å². The minimum Gasteiger partial charge on any atom is -0.295 e. The van der Waals surface area contributed by atoms with Crippen LogP contribution in [0.5, 0.6) is 0 Å². The Morgan fingerprint density at radius 2 is 2.38 bits per heavy atom. The van der Waals surface area contributed by atoms with Gasteiger partial charge in [-0.05, 0) is 19.9 Å². The summed E-state index contributed by atoms with van der Waals surface area (Å²) in [5.41, 5.74) is 0.256. The molecule has 0 amide bonds. The molecule has 1 N–H and O–H groups in total. The highest BCUT2D eigenvalue weighted by molar-refractivity contribution is 7.99. The van der Waals surface area contributed by atoms with E-state index in [0.717, 1.165) is 10.8 Å². The Morgan fingerprint density at radius 1 is 1.62 bits per heavy atom. The molecule has 2 heterocycles. The minimum atomic E-state index is 0.256. The highest BCUT2D eigenvalue weighted by Gasteiger charge is 2.31. The first-order chi connectivity index (χ1) is 6.07. The molecule has 1 fully saturated rings. The van der Waals surface area contributed by atoms with Crippen LogP contribution >= 0.6 is 34.7 Å². The Hall–Kier alpha value is 0.300. The van der Waals surface area contributed by atoms with E-state index in [-0.39, 0.29) is 5.54 Å². The van der Waals surface area contributed by atoms with E-state index in [0.29, 0.717) is 5.37 Å². The topological polar surface area (TPSA) is 12.0 Å². The molecule has 0 aromatic carbocycles. The van der Waals surface area contributed by atoms with Gasteiger partial charge < -0.3 is 0 Å². The molecule has 13 heavy (non-hydrogen) atoms. The number of nitrogens with one attached hydrogen (secondary N) is 1. The van der Waals surface area contributed by atoms with E-state index in [2.05, 4.69) is 25.2 Å². The van der Waals surface area contributed by atoms with Crippen molar-refractivity contribution < 1.29 is 0 Å². The van der Waals surface area contributed by atoms with Gasteiger partial charge in [0.2, 0.25) is 0 Å². The number of thioether (sulfide) groups is 1. The number of thiophene rings is 1. The van der Waals surface area contributed by atoms with Gasteiger partial charge in [-0.15, -0.1) is 23.1 Å². The fraction of sp³-hybridized carbons (Fsp3) is 0.556. The van der Waals surface area contributed by atoms with Crippen molar-refractivity contribution in [1.29, 1.82) is 0 Å². The summed E-state index contributed by atoms with van der Waals surface area (Å²) in [6.45, 7) is 4.46. The Kier molecular flexibility index (Phi) is 2.62. The first kappa shape index (κ1) is 9.84. The van der Waals surface area contributed by atoms with Crippen LogP contribution in [0.25, 0.3) is 0 Å². The minimum absolute atomic E-state index is 0.256. The molecule has 72 valence electrons. The van der Waals surface area contributed by atoms with Crippen LogP contribution in [0, 0.1) is 0 Å². The van der Waals surface area contributed by atoms with Crippen molar-refractivity contribution in [3.63, 3.8) is 0 Å². The molecule has 1 atom stereocenters. The molecule has 0 aliphatic carbocycles. The molecule has 1 aromatic rings. The summed E-state index contributed by atoms with van der Waals surface area (Å²) in [5, 5.41) is 6.86. The summed E-state index contributed by atoms with van der Waals surface area (Å²) in [7, 11) is 0. The Morgan fingerprint density at radius 3 is 2.85 bits per heavy atom. The zero-order chi connectivity index (χ0) is 9.47. The highest BCUT2D eigenvalue weighted by Crippen LogP contribution is 2.40. The summed E-state index contributed by atoms with van der Waals surface area (Å²) in [6.07, 6.45) is 0. The molecule has 4 heteroatoms. The first-order valence-corrected chi connectivity index (χ1v) is 6.51. The van der Waals surface area contributed by atoms with Crippen LogP contribution in [-0.4, -0.2) is 11.3 Å². The fourth-order valence-electron chi connectivity index (χ4n) is 1.35. The predicted octanol–water partition coefficient (Wildman–Crippen LogP) is 3.52. The highest BCUT2D eigenvalue weighted by atomic mass is 35.5. The standard InChI is InChI=1S/C9H12ClNS2/c1-9(2)5-13-8(11-9)7-3-6(10)4-12-7/h3-4,8,11H,5H2,1-2H3. The van der Waals surface area contributed by atoms with E-state index in [4.69, 9.17) is 11.6 Å². The van der Waals surface area contributed by atoms with Crippen molar-refractivity contribution in [1.82, 2.24) is 5.32 Å². The van der Waals surface area contributed by atoms with Gasteiger partial charge in [0.15, 0.2) is 0 Å². The Balaban J connectivity index is 2.12. The van der Waals surface area contributed by atoms with E-state index in [1.165, 1.54) is 4.88 Å². The lowest BCUT2D eigenvalue weighted by Crippen LogP contribution is -2.35. The molecule has 0 bridgehead atoms. The van der Waals surface area contributed by atoms with Crippen molar-refractivity contribution in [3.05, 3.63) is 21.3 Å². The van der Waals surface area contributed by atoms with E-state index >= 15 is 0 Å². The quantitative estimate of drug-likeness (QED) is 0.797. The van der Waals surface area contributed by atoms with Gasteiger partial charge in [-0.3, -0.25) is 5.32 Å². The summed E-state index contributed by atoms with van der Waals surface area (Å²) in [4.78, 5) is 1.33. The van der Waals surface area contributed by atoms with Crippen molar-refractivity contribution in [2.24, 2.45) is 0 Å². The summed E-state index contributed by atoms with van der Waals surface area (Å²) < 4.78 is 0.